The summed E-state index contributed by atoms with van der Waals surface area (Å²) in [5, 5.41) is 3.19. The van der Waals surface area contributed by atoms with Crippen molar-refractivity contribution in [3.05, 3.63) is 30.0 Å². The second-order valence-corrected chi connectivity index (χ2v) is 5.21. The lowest BCUT2D eigenvalue weighted by Gasteiger charge is -2.06. The molecule has 7 heteroatoms. The number of amides is 1. The number of para-hydroxylation sites is 2. The summed E-state index contributed by atoms with van der Waals surface area (Å²) >= 11 is 1.29. The third kappa shape index (κ3) is 4.16. The minimum atomic E-state index is -0.477. The van der Waals surface area contributed by atoms with Crippen molar-refractivity contribution in [3.8, 4) is 0 Å². The number of aromatic nitrogens is 2. The molecule has 1 N–H and O–H groups in total. The maximum Gasteiger partial charge on any atom is 0.325 e. The first-order valence-electron chi connectivity index (χ1n) is 6.30. The molecule has 0 aliphatic heterocycles. The maximum atomic E-state index is 11.6. The number of aryl methyl sites for hydroxylation is 1. The fraction of sp³-hybridized carbons (Fsp3) is 0.286. The SMILES string of the molecule is COC(=O)CNC(=O)CSc1nc2ccccc2nc1C. The van der Waals surface area contributed by atoms with Gasteiger partial charge in [-0.3, -0.25) is 9.59 Å². The van der Waals surface area contributed by atoms with Crippen LogP contribution < -0.4 is 5.32 Å². The zero-order chi connectivity index (χ0) is 15.2. The van der Waals surface area contributed by atoms with Gasteiger partial charge in [0.25, 0.3) is 0 Å². The Labute approximate surface area is 126 Å². The van der Waals surface area contributed by atoms with Gasteiger partial charge in [-0.2, -0.15) is 0 Å². The number of nitrogens with zero attached hydrogens (tertiary/aromatic N) is 2. The van der Waals surface area contributed by atoms with Gasteiger partial charge in [0.05, 0.1) is 29.6 Å². The molecular formula is C14H15N3O3S. The summed E-state index contributed by atoms with van der Waals surface area (Å²) in [7, 11) is 1.28. The van der Waals surface area contributed by atoms with Crippen LogP contribution in [0.2, 0.25) is 0 Å². The molecular weight excluding hydrogens is 290 g/mol. The van der Waals surface area contributed by atoms with Crippen LogP contribution in [0.25, 0.3) is 11.0 Å². The van der Waals surface area contributed by atoms with E-state index in [1.807, 2.05) is 31.2 Å². The predicted octanol–water partition coefficient (Wildman–Crippen LogP) is 1.32. The first kappa shape index (κ1) is 15.2. The van der Waals surface area contributed by atoms with Crippen molar-refractivity contribution in [2.24, 2.45) is 0 Å². The van der Waals surface area contributed by atoms with E-state index >= 15 is 0 Å². The van der Waals surface area contributed by atoms with Gasteiger partial charge in [0, 0.05) is 0 Å². The van der Waals surface area contributed by atoms with E-state index < -0.39 is 5.97 Å². The van der Waals surface area contributed by atoms with Gasteiger partial charge < -0.3 is 10.1 Å². The van der Waals surface area contributed by atoms with Gasteiger partial charge in [-0.25, -0.2) is 9.97 Å². The predicted molar refractivity (Wildman–Crippen MR) is 80.0 cm³/mol. The zero-order valence-corrected chi connectivity index (χ0v) is 12.6. The summed E-state index contributed by atoms with van der Waals surface area (Å²) in [6, 6.07) is 7.57. The van der Waals surface area contributed by atoms with Crippen molar-refractivity contribution in [2.75, 3.05) is 19.4 Å². The van der Waals surface area contributed by atoms with Crippen molar-refractivity contribution < 1.29 is 14.3 Å². The number of thioether (sulfide) groups is 1. The van der Waals surface area contributed by atoms with Gasteiger partial charge in [0.15, 0.2) is 0 Å². The average molecular weight is 305 g/mol. The van der Waals surface area contributed by atoms with E-state index in [-0.39, 0.29) is 18.2 Å². The van der Waals surface area contributed by atoms with E-state index in [2.05, 4.69) is 20.0 Å². The van der Waals surface area contributed by atoms with Crippen molar-refractivity contribution in [1.82, 2.24) is 15.3 Å². The second-order valence-electron chi connectivity index (χ2n) is 4.24. The highest BCUT2D eigenvalue weighted by Crippen LogP contribution is 2.21. The minimum Gasteiger partial charge on any atom is -0.468 e. The zero-order valence-electron chi connectivity index (χ0n) is 11.8. The van der Waals surface area contributed by atoms with E-state index in [0.29, 0.717) is 5.03 Å². The molecule has 0 spiro atoms. The first-order valence-corrected chi connectivity index (χ1v) is 7.28. The summed E-state index contributed by atoms with van der Waals surface area (Å²) in [6.45, 7) is 1.73. The standard InChI is InChI=1S/C14H15N3O3S/c1-9-14(17-11-6-4-3-5-10(11)16-9)21-8-12(18)15-7-13(19)20-2/h3-6H,7-8H2,1-2H3,(H,15,18). The summed E-state index contributed by atoms with van der Waals surface area (Å²) in [6.07, 6.45) is 0. The van der Waals surface area contributed by atoms with Gasteiger partial charge in [0.1, 0.15) is 11.6 Å². The number of hydrogen-bond donors (Lipinski definition) is 1. The Kier molecular flexibility index (Phi) is 5.10. The average Bonchev–Trinajstić information content (AvgIpc) is 2.50. The molecule has 1 aromatic carbocycles. The van der Waals surface area contributed by atoms with Crippen molar-refractivity contribution in [1.29, 1.82) is 0 Å². The highest BCUT2D eigenvalue weighted by Gasteiger charge is 2.10. The number of hydrogen-bond acceptors (Lipinski definition) is 6. The maximum absolute atomic E-state index is 11.6. The normalized spacial score (nSPS) is 10.4. The molecule has 0 fully saturated rings. The van der Waals surface area contributed by atoms with Gasteiger partial charge in [-0.1, -0.05) is 23.9 Å². The lowest BCUT2D eigenvalue weighted by molar-refractivity contribution is -0.140. The van der Waals surface area contributed by atoms with E-state index in [1.165, 1.54) is 18.9 Å². The molecule has 0 saturated heterocycles. The summed E-state index contributed by atoms with van der Waals surface area (Å²) in [5.74, 6) is -0.556. The van der Waals surface area contributed by atoms with Crippen LogP contribution in [0.5, 0.6) is 0 Å². The van der Waals surface area contributed by atoms with Crippen LogP contribution in [0.3, 0.4) is 0 Å². The second kappa shape index (κ2) is 7.03. The number of nitrogens with one attached hydrogen (secondary N) is 1. The first-order chi connectivity index (χ1) is 10.1. The topological polar surface area (TPSA) is 81.2 Å². The minimum absolute atomic E-state index is 0.127. The number of carbonyl (C=O) groups excluding carboxylic acids is 2. The molecule has 21 heavy (non-hydrogen) atoms. The van der Waals surface area contributed by atoms with Crippen LogP contribution in [-0.4, -0.2) is 41.3 Å². The Morgan fingerprint density at radius 3 is 2.57 bits per heavy atom. The van der Waals surface area contributed by atoms with Crippen molar-refractivity contribution in [3.63, 3.8) is 0 Å². The van der Waals surface area contributed by atoms with Gasteiger partial charge in [-0.15, -0.1) is 0 Å². The molecule has 0 radical (unpaired) electrons. The Bertz CT molecular complexity index is 676. The van der Waals surface area contributed by atoms with Crippen LogP contribution in [0.4, 0.5) is 0 Å². The highest BCUT2D eigenvalue weighted by atomic mass is 32.2. The lowest BCUT2D eigenvalue weighted by Crippen LogP contribution is -2.31. The fourth-order valence-electron chi connectivity index (χ4n) is 1.64. The number of fused-ring (bicyclic) bond motifs is 1. The third-order valence-corrected chi connectivity index (χ3v) is 3.77. The van der Waals surface area contributed by atoms with E-state index in [9.17, 15) is 9.59 Å². The quantitative estimate of drug-likeness (QED) is 0.663. The van der Waals surface area contributed by atoms with E-state index in [0.717, 1.165) is 16.7 Å². The summed E-state index contributed by atoms with van der Waals surface area (Å²) < 4.78 is 4.45. The molecule has 0 aliphatic carbocycles. The van der Waals surface area contributed by atoms with Crippen LogP contribution in [0.15, 0.2) is 29.3 Å². The Morgan fingerprint density at radius 2 is 1.90 bits per heavy atom. The molecule has 0 bridgehead atoms. The Hall–Kier alpha value is -2.15. The van der Waals surface area contributed by atoms with Crippen LogP contribution >= 0.6 is 11.8 Å². The van der Waals surface area contributed by atoms with Crippen molar-refractivity contribution >= 4 is 34.7 Å². The molecule has 1 aromatic heterocycles. The van der Waals surface area contributed by atoms with Crippen LogP contribution in [0.1, 0.15) is 5.69 Å². The third-order valence-electron chi connectivity index (χ3n) is 2.70. The number of ether oxygens (including phenoxy) is 1. The highest BCUT2D eigenvalue weighted by molar-refractivity contribution is 7.99. The van der Waals surface area contributed by atoms with Crippen LogP contribution in [0, 0.1) is 6.92 Å². The largest absolute Gasteiger partial charge is 0.468 e. The molecule has 0 atom stereocenters. The fourth-order valence-corrected chi connectivity index (χ4v) is 2.42. The molecule has 0 unspecified atom stereocenters. The summed E-state index contributed by atoms with van der Waals surface area (Å²) in [5.41, 5.74) is 2.40. The Balaban J connectivity index is 1.98. The molecule has 0 aliphatic rings. The molecule has 2 aromatic rings. The molecule has 1 heterocycles. The number of carbonyl (C=O) groups is 2. The number of rotatable bonds is 5. The molecule has 6 nitrogen and oxygen atoms in total. The van der Waals surface area contributed by atoms with E-state index in [1.54, 1.807) is 0 Å². The molecule has 110 valence electrons. The van der Waals surface area contributed by atoms with Gasteiger partial charge >= 0.3 is 5.97 Å². The lowest BCUT2D eigenvalue weighted by atomic mass is 10.3. The van der Waals surface area contributed by atoms with Crippen LogP contribution in [-0.2, 0) is 14.3 Å². The van der Waals surface area contributed by atoms with E-state index in [4.69, 9.17) is 0 Å². The number of benzene rings is 1. The Morgan fingerprint density at radius 1 is 1.24 bits per heavy atom. The summed E-state index contributed by atoms with van der Waals surface area (Å²) in [4.78, 5) is 31.5. The number of esters is 1. The molecule has 2 rings (SSSR count). The monoisotopic (exact) mass is 305 g/mol. The molecule has 0 saturated carbocycles. The van der Waals surface area contributed by atoms with Gasteiger partial charge in [-0.05, 0) is 19.1 Å². The van der Waals surface area contributed by atoms with Crippen molar-refractivity contribution in [2.45, 2.75) is 11.9 Å². The number of methoxy groups -OCH3 is 1. The smallest absolute Gasteiger partial charge is 0.325 e. The molecule has 1 amide bonds. The van der Waals surface area contributed by atoms with Gasteiger partial charge in [0.2, 0.25) is 5.91 Å².